The van der Waals surface area contributed by atoms with E-state index in [-0.39, 0.29) is 17.4 Å². The highest BCUT2D eigenvalue weighted by Gasteiger charge is 2.19. The molecule has 0 aliphatic carbocycles. The van der Waals surface area contributed by atoms with Gasteiger partial charge in [-0.1, -0.05) is 6.07 Å². The number of nitrogen functional groups attached to an aromatic ring is 1. The zero-order chi connectivity index (χ0) is 15.6. The van der Waals surface area contributed by atoms with Crippen molar-refractivity contribution >= 4 is 11.6 Å². The average Bonchev–Trinajstić information content (AvgIpc) is 2.80. The minimum Gasteiger partial charge on any atom is -0.504 e. The molecule has 0 atom stereocenters. The van der Waals surface area contributed by atoms with E-state index in [1.54, 1.807) is 26.1 Å². The monoisotopic (exact) mass is 290 g/mol. The first-order chi connectivity index (χ1) is 9.93. The van der Waals surface area contributed by atoms with Gasteiger partial charge in [-0.2, -0.15) is 5.10 Å². The van der Waals surface area contributed by atoms with E-state index in [0.717, 1.165) is 5.56 Å². The molecule has 21 heavy (non-hydrogen) atoms. The summed E-state index contributed by atoms with van der Waals surface area (Å²) in [5.41, 5.74) is 7.86. The summed E-state index contributed by atoms with van der Waals surface area (Å²) >= 11 is 0. The number of aromatic hydroxyl groups is 1. The molecule has 112 valence electrons. The number of aryl methyl sites for hydroxylation is 1. The van der Waals surface area contributed by atoms with Crippen LogP contribution in [0.15, 0.2) is 18.2 Å². The number of rotatable bonds is 4. The lowest BCUT2D eigenvalue weighted by atomic mass is 10.2. The van der Waals surface area contributed by atoms with Crippen LogP contribution in [0.2, 0.25) is 0 Å². The number of hydrogen-bond acceptors (Lipinski definition) is 5. The lowest BCUT2D eigenvalue weighted by Gasteiger charge is -2.17. The number of carbonyl (C=O) groups excluding carboxylic acids is 1. The number of hydrogen-bond donors (Lipinski definition) is 3. The fourth-order valence-corrected chi connectivity index (χ4v) is 1.95. The molecule has 0 saturated heterocycles. The second kappa shape index (κ2) is 5.74. The van der Waals surface area contributed by atoms with Crippen LogP contribution >= 0.6 is 0 Å². The highest BCUT2D eigenvalue weighted by atomic mass is 16.5. The van der Waals surface area contributed by atoms with Crippen molar-refractivity contribution in [2.45, 2.75) is 13.5 Å². The summed E-state index contributed by atoms with van der Waals surface area (Å²) in [5, 5.41) is 16.2. The maximum atomic E-state index is 12.3. The van der Waals surface area contributed by atoms with Gasteiger partial charge >= 0.3 is 0 Å². The molecule has 4 N–H and O–H groups in total. The zero-order valence-corrected chi connectivity index (χ0v) is 12.2. The zero-order valence-electron chi connectivity index (χ0n) is 12.2. The molecule has 0 aliphatic heterocycles. The van der Waals surface area contributed by atoms with Gasteiger partial charge in [0, 0.05) is 13.6 Å². The van der Waals surface area contributed by atoms with Crippen molar-refractivity contribution in [3.8, 4) is 11.5 Å². The first-order valence-corrected chi connectivity index (χ1v) is 6.35. The van der Waals surface area contributed by atoms with Crippen LogP contribution in [0.5, 0.6) is 11.5 Å². The van der Waals surface area contributed by atoms with Crippen LogP contribution in [0.1, 0.15) is 21.7 Å². The summed E-state index contributed by atoms with van der Waals surface area (Å²) in [6.07, 6.45) is 0. The Kier molecular flexibility index (Phi) is 4.02. The molecule has 1 aromatic heterocycles. The summed E-state index contributed by atoms with van der Waals surface area (Å²) in [6.45, 7) is 2.10. The predicted octanol–water partition coefficient (Wildman–Crippen LogP) is 1.29. The van der Waals surface area contributed by atoms with Crippen molar-refractivity contribution in [2.24, 2.45) is 0 Å². The number of anilines is 1. The van der Waals surface area contributed by atoms with Gasteiger partial charge in [0.15, 0.2) is 17.2 Å². The van der Waals surface area contributed by atoms with Crippen LogP contribution in [0.3, 0.4) is 0 Å². The molecular weight excluding hydrogens is 272 g/mol. The molecule has 1 heterocycles. The number of phenolic OH excluding ortho intramolecular Hbond substituents is 1. The Morgan fingerprint density at radius 3 is 2.81 bits per heavy atom. The van der Waals surface area contributed by atoms with Gasteiger partial charge in [0.2, 0.25) is 0 Å². The number of carbonyl (C=O) groups is 1. The van der Waals surface area contributed by atoms with Gasteiger partial charge in [-0.3, -0.25) is 9.89 Å². The Bertz CT molecular complexity index is 666. The topological polar surface area (TPSA) is 104 Å². The highest BCUT2D eigenvalue weighted by molar-refractivity contribution is 5.97. The van der Waals surface area contributed by atoms with Gasteiger partial charge in [-0.05, 0) is 24.6 Å². The maximum Gasteiger partial charge on any atom is 0.276 e. The summed E-state index contributed by atoms with van der Waals surface area (Å²) in [7, 11) is 3.13. The van der Waals surface area contributed by atoms with Crippen LogP contribution in [-0.2, 0) is 6.54 Å². The van der Waals surface area contributed by atoms with Gasteiger partial charge in [-0.15, -0.1) is 0 Å². The Balaban J connectivity index is 2.16. The number of phenols is 1. The van der Waals surface area contributed by atoms with E-state index < -0.39 is 0 Å². The number of aromatic nitrogens is 2. The van der Waals surface area contributed by atoms with Gasteiger partial charge in [0.25, 0.3) is 5.91 Å². The normalized spacial score (nSPS) is 10.4. The average molecular weight is 290 g/mol. The maximum absolute atomic E-state index is 12.3. The minimum atomic E-state index is -0.274. The lowest BCUT2D eigenvalue weighted by molar-refractivity contribution is 0.0780. The number of nitrogens with one attached hydrogen (secondary N) is 1. The number of amides is 1. The van der Waals surface area contributed by atoms with E-state index >= 15 is 0 Å². The molecule has 0 aliphatic rings. The van der Waals surface area contributed by atoms with Crippen molar-refractivity contribution < 1.29 is 14.6 Å². The molecule has 0 bridgehead atoms. The highest BCUT2D eigenvalue weighted by Crippen LogP contribution is 2.27. The number of nitrogens with two attached hydrogens (primary N) is 1. The fourth-order valence-electron chi connectivity index (χ4n) is 1.95. The third kappa shape index (κ3) is 2.91. The molecule has 1 aromatic carbocycles. The fraction of sp³-hybridized carbons (Fsp3) is 0.286. The summed E-state index contributed by atoms with van der Waals surface area (Å²) in [5.74, 6) is 0.148. The van der Waals surface area contributed by atoms with Crippen LogP contribution < -0.4 is 10.5 Å². The molecule has 1 amide bonds. The third-order valence-electron chi connectivity index (χ3n) is 3.21. The Morgan fingerprint density at radius 1 is 1.52 bits per heavy atom. The first-order valence-electron chi connectivity index (χ1n) is 6.35. The SMILES string of the molecule is COc1cc(CN(C)C(=O)c2n[nH]c(C)c2N)ccc1O. The summed E-state index contributed by atoms with van der Waals surface area (Å²) < 4.78 is 5.04. The second-order valence-electron chi connectivity index (χ2n) is 4.78. The molecule has 0 saturated carbocycles. The van der Waals surface area contributed by atoms with E-state index in [4.69, 9.17) is 10.5 Å². The molecule has 2 aromatic rings. The van der Waals surface area contributed by atoms with Gasteiger partial charge in [0.1, 0.15) is 0 Å². The standard InChI is InChI=1S/C14H18N4O3/c1-8-12(15)13(17-16-8)14(20)18(2)7-9-4-5-10(19)11(6-9)21-3/h4-6,19H,7,15H2,1-3H3,(H,16,17). The van der Waals surface area contributed by atoms with Gasteiger partial charge < -0.3 is 20.5 Å². The van der Waals surface area contributed by atoms with E-state index in [1.165, 1.54) is 18.1 Å². The number of H-pyrrole nitrogens is 1. The molecular formula is C14H18N4O3. The molecule has 0 unspecified atom stereocenters. The smallest absolute Gasteiger partial charge is 0.276 e. The van der Waals surface area contributed by atoms with Crippen molar-refractivity contribution in [3.63, 3.8) is 0 Å². The predicted molar refractivity (Wildman–Crippen MR) is 78.2 cm³/mol. The second-order valence-corrected chi connectivity index (χ2v) is 4.78. The van der Waals surface area contributed by atoms with Crippen molar-refractivity contribution in [2.75, 3.05) is 19.9 Å². The summed E-state index contributed by atoms with van der Waals surface area (Å²) in [6, 6.07) is 4.93. The van der Waals surface area contributed by atoms with Crippen molar-refractivity contribution in [1.29, 1.82) is 0 Å². The molecule has 0 spiro atoms. The summed E-state index contributed by atoms with van der Waals surface area (Å²) in [4.78, 5) is 13.8. The quantitative estimate of drug-likeness (QED) is 0.787. The van der Waals surface area contributed by atoms with Crippen LogP contribution in [0.25, 0.3) is 0 Å². The van der Waals surface area contributed by atoms with E-state index in [1.807, 2.05) is 0 Å². The van der Waals surface area contributed by atoms with Gasteiger partial charge in [-0.25, -0.2) is 0 Å². The molecule has 2 rings (SSSR count). The van der Waals surface area contributed by atoms with E-state index in [9.17, 15) is 9.90 Å². The number of methoxy groups -OCH3 is 1. The van der Waals surface area contributed by atoms with Crippen molar-refractivity contribution in [3.05, 3.63) is 35.2 Å². The number of benzene rings is 1. The largest absolute Gasteiger partial charge is 0.504 e. The number of ether oxygens (including phenoxy) is 1. The Labute approximate surface area is 122 Å². The van der Waals surface area contributed by atoms with Crippen LogP contribution in [0.4, 0.5) is 5.69 Å². The molecule has 7 nitrogen and oxygen atoms in total. The van der Waals surface area contributed by atoms with E-state index in [0.29, 0.717) is 23.7 Å². The minimum absolute atomic E-state index is 0.0578. The molecule has 7 heteroatoms. The van der Waals surface area contributed by atoms with Gasteiger partial charge in [0.05, 0.1) is 18.5 Å². The number of nitrogens with zero attached hydrogens (tertiary/aromatic N) is 2. The first kappa shape index (κ1) is 14.7. The number of aromatic amines is 1. The lowest BCUT2D eigenvalue weighted by Crippen LogP contribution is -2.27. The van der Waals surface area contributed by atoms with Crippen LogP contribution in [0, 0.1) is 6.92 Å². The third-order valence-corrected chi connectivity index (χ3v) is 3.21. The van der Waals surface area contributed by atoms with Crippen molar-refractivity contribution in [1.82, 2.24) is 15.1 Å². The molecule has 0 fully saturated rings. The van der Waals surface area contributed by atoms with E-state index in [2.05, 4.69) is 10.2 Å². The molecule has 0 radical (unpaired) electrons. The van der Waals surface area contributed by atoms with Crippen LogP contribution in [-0.4, -0.2) is 40.3 Å². The Hall–Kier alpha value is -2.70. The Morgan fingerprint density at radius 2 is 2.24 bits per heavy atom.